The highest BCUT2D eigenvalue weighted by molar-refractivity contribution is 5.58. The summed E-state index contributed by atoms with van der Waals surface area (Å²) in [6.45, 7) is 9.01. The molecule has 1 heterocycles. The standard InChI is InChI=1S/C24H34N2O3/c1-4-19(2)21-9-5-7-11-23(21)29-18-20(27)17-25-13-15-26(16-14-25)22-10-6-8-12-24(22)28-3/h5-12,19-20,27H,4,13-18H2,1-3H3. The summed E-state index contributed by atoms with van der Waals surface area (Å²) in [7, 11) is 1.71. The average molecular weight is 399 g/mol. The molecule has 0 bridgehead atoms. The normalized spacial score (nSPS) is 17.0. The summed E-state index contributed by atoms with van der Waals surface area (Å²) in [5, 5.41) is 10.5. The van der Waals surface area contributed by atoms with Gasteiger partial charge in [-0.1, -0.05) is 44.2 Å². The number of benzene rings is 2. The van der Waals surface area contributed by atoms with Crippen molar-refractivity contribution in [2.45, 2.75) is 32.3 Å². The van der Waals surface area contributed by atoms with E-state index in [1.165, 1.54) is 5.56 Å². The van der Waals surface area contributed by atoms with Crippen LogP contribution in [0.1, 0.15) is 31.7 Å². The van der Waals surface area contributed by atoms with E-state index in [1.54, 1.807) is 7.11 Å². The van der Waals surface area contributed by atoms with Gasteiger partial charge in [0.1, 0.15) is 24.2 Å². The van der Waals surface area contributed by atoms with Crippen molar-refractivity contribution in [1.29, 1.82) is 0 Å². The van der Waals surface area contributed by atoms with Crippen molar-refractivity contribution in [2.75, 3.05) is 51.3 Å². The van der Waals surface area contributed by atoms with Gasteiger partial charge < -0.3 is 19.5 Å². The molecule has 0 aromatic heterocycles. The van der Waals surface area contributed by atoms with Crippen molar-refractivity contribution in [3.05, 3.63) is 54.1 Å². The van der Waals surface area contributed by atoms with Gasteiger partial charge in [-0.3, -0.25) is 4.90 Å². The van der Waals surface area contributed by atoms with Crippen LogP contribution < -0.4 is 14.4 Å². The van der Waals surface area contributed by atoms with Gasteiger partial charge in [-0.05, 0) is 36.1 Å². The lowest BCUT2D eigenvalue weighted by Gasteiger charge is -2.37. The van der Waals surface area contributed by atoms with Gasteiger partial charge in [0.25, 0.3) is 0 Å². The first-order valence-corrected chi connectivity index (χ1v) is 10.6. The van der Waals surface area contributed by atoms with Gasteiger partial charge in [-0.2, -0.15) is 0 Å². The minimum atomic E-state index is -0.502. The Morgan fingerprint density at radius 1 is 0.966 bits per heavy atom. The molecule has 1 aliphatic heterocycles. The van der Waals surface area contributed by atoms with Crippen molar-refractivity contribution >= 4 is 5.69 Å². The summed E-state index contributed by atoms with van der Waals surface area (Å²) < 4.78 is 11.5. The number of piperazine rings is 1. The number of ether oxygens (including phenoxy) is 2. The summed E-state index contributed by atoms with van der Waals surface area (Å²) >= 11 is 0. The minimum absolute atomic E-state index is 0.320. The van der Waals surface area contributed by atoms with Gasteiger partial charge in [0.05, 0.1) is 12.8 Å². The number of aliphatic hydroxyl groups is 1. The molecule has 5 nitrogen and oxygen atoms in total. The Balaban J connectivity index is 1.47. The van der Waals surface area contributed by atoms with Crippen molar-refractivity contribution in [1.82, 2.24) is 4.90 Å². The molecular weight excluding hydrogens is 364 g/mol. The number of β-amino-alcohol motifs (C(OH)–C–C–N with tert-alkyl or cyclic N) is 1. The van der Waals surface area contributed by atoms with Crippen LogP contribution in [-0.4, -0.2) is 62.6 Å². The van der Waals surface area contributed by atoms with Crippen LogP contribution in [0.2, 0.25) is 0 Å². The lowest BCUT2D eigenvalue weighted by molar-refractivity contribution is 0.0658. The van der Waals surface area contributed by atoms with Gasteiger partial charge >= 0.3 is 0 Å². The topological polar surface area (TPSA) is 45.2 Å². The number of nitrogens with zero attached hydrogens (tertiary/aromatic N) is 2. The van der Waals surface area contributed by atoms with Gasteiger partial charge in [0.2, 0.25) is 0 Å². The lowest BCUT2D eigenvalue weighted by atomic mass is 9.98. The molecule has 1 fully saturated rings. The van der Waals surface area contributed by atoms with E-state index in [1.807, 2.05) is 36.4 Å². The molecule has 1 saturated heterocycles. The maximum Gasteiger partial charge on any atom is 0.142 e. The van der Waals surface area contributed by atoms with Gasteiger partial charge in [-0.25, -0.2) is 0 Å². The molecule has 29 heavy (non-hydrogen) atoms. The largest absolute Gasteiger partial charge is 0.495 e. The van der Waals surface area contributed by atoms with Crippen molar-refractivity contribution in [3.8, 4) is 11.5 Å². The number of aliphatic hydroxyl groups excluding tert-OH is 1. The van der Waals surface area contributed by atoms with Crippen LogP contribution in [-0.2, 0) is 0 Å². The summed E-state index contributed by atoms with van der Waals surface area (Å²) in [5.74, 6) is 2.25. The molecule has 2 atom stereocenters. The van der Waals surface area contributed by atoms with E-state index in [2.05, 4.69) is 35.8 Å². The third-order valence-electron chi connectivity index (χ3n) is 5.76. The first-order valence-electron chi connectivity index (χ1n) is 10.6. The Hall–Kier alpha value is -2.24. The number of hydrogen-bond donors (Lipinski definition) is 1. The van der Waals surface area contributed by atoms with Crippen molar-refractivity contribution < 1.29 is 14.6 Å². The number of hydrogen-bond acceptors (Lipinski definition) is 5. The molecule has 158 valence electrons. The summed E-state index contributed by atoms with van der Waals surface area (Å²) in [4.78, 5) is 4.65. The second kappa shape index (κ2) is 10.5. The van der Waals surface area contributed by atoms with Crippen LogP contribution in [0, 0.1) is 0 Å². The number of para-hydroxylation sites is 3. The zero-order valence-corrected chi connectivity index (χ0v) is 17.9. The highest BCUT2D eigenvalue weighted by atomic mass is 16.5. The van der Waals surface area contributed by atoms with Crippen LogP contribution in [0.4, 0.5) is 5.69 Å². The minimum Gasteiger partial charge on any atom is -0.495 e. The molecule has 2 aromatic carbocycles. The van der Waals surface area contributed by atoms with Crippen LogP contribution in [0.5, 0.6) is 11.5 Å². The Bertz CT molecular complexity index is 759. The van der Waals surface area contributed by atoms with Crippen LogP contribution in [0.25, 0.3) is 0 Å². The molecule has 2 aromatic rings. The molecule has 0 aliphatic carbocycles. The Labute approximate surface area is 174 Å². The quantitative estimate of drug-likeness (QED) is 0.697. The lowest BCUT2D eigenvalue weighted by Crippen LogP contribution is -2.49. The average Bonchev–Trinajstić information content (AvgIpc) is 2.78. The molecule has 5 heteroatoms. The molecule has 1 aliphatic rings. The highest BCUT2D eigenvalue weighted by Crippen LogP contribution is 2.29. The fourth-order valence-corrected chi connectivity index (χ4v) is 3.84. The van der Waals surface area contributed by atoms with E-state index in [4.69, 9.17) is 9.47 Å². The Kier molecular flexibility index (Phi) is 7.78. The van der Waals surface area contributed by atoms with Gasteiger partial charge in [0, 0.05) is 32.7 Å². The second-order valence-electron chi connectivity index (χ2n) is 7.77. The summed E-state index contributed by atoms with van der Waals surface area (Å²) in [6, 6.07) is 16.3. The molecule has 0 saturated carbocycles. The number of methoxy groups -OCH3 is 1. The SMILES string of the molecule is CCC(C)c1ccccc1OCC(O)CN1CCN(c2ccccc2OC)CC1. The molecule has 1 N–H and O–H groups in total. The molecule has 2 unspecified atom stereocenters. The van der Waals surface area contributed by atoms with E-state index in [0.717, 1.165) is 49.8 Å². The highest BCUT2D eigenvalue weighted by Gasteiger charge is 2.21. The zero-order valence-electron chi connectivity index (χ0n) is 17.9. The third-order valence-corrected chi connectivity index (χ3v) is 5.76. The second-order valence-corrected chi connectivity index (χ2v) is 7.77. The number of anilines is 1. The van der Waals surface area contributed by atoms with E-state index in [0.29, 0.717) is 19.1 Å². The molecule has 3 rings (SSSR count). The van der Waals surface area contributed by atoms with Gasteiger partial charge in [-0.15, -0.1) is 0 Å². The smallest absolute Gasteiger partial charge is 0.142 e. The van der Waals surface area contributed by atoms with Crippen LogP contribution in [0.15, 0.2) is 48.5 Å². The van der Waals surface area contributed by atoms with Crippen LogP contribution in [0.3, 0.4) is 0 Å². The fourth-order valence-electron chi connectivity index (χ4n) is 3.84. The first kappa shape index (κ1) is 21.5. The van der Waals surface area contributed by atoms with Crippen molar-refractivity contribution in [2.24, 2.45) is 0 Å². The Morgan fingerprint density at radius 3 is 2.31 bits per heavy atom. The molecule has 0 amide bonds. The third kappa shape index (κ3) is 5.64. The fraction of sp³-hybridized carbons (Fsp3) is 0.500. The van der Waals surface area contributed by atoms with E-state index in [9.17, 15) is 5.11 Å². The molecule has 0 radical (unpaired) electrons. The van der Waals surface area contributed by atoms with E-state index >= 15 is 0 Å². The first-order chi connectivity index (χ1) is 14.1. The monoisotopic (exact) mass is 398 g/mol. The van der Waals surface area contributed by atoms with Crippen LogP contribution >= 0.6 is 0 Å². The van der Waals surface area contributed by atoms with Gasteiger partial charge in [0.15, 0.2) is 0 Å². The zero-order chi connectivity index (χ0) is 20.6. The summed E-state index contributed by atoms with van der Waals surface area (Å²) in [5.41, 5.74) is 2.35. The number of rotatable bonds is 9. The molecular formula is C24H34N2O3. The predicted molar refractivity (Wildman–Crippen MR) is 118 cm³/mol. The van der Waals surface area contributed by atoms with E-state index < -0.39 is 6.10 Å². The Morgan fingerprint density at radius 2 is 1.62 bits per heavy atom. The summed E-state index contributed by atoms with van der Waals surface area (Å²) in [6.07, 6.45) is 0.567. The predicted octanol–water partition coefficient (Wildman–Crippen LogP) is 3.77. The maximum atomic E-state index is 10.5. The van der Waals surface area contributed by atoms with E-state index in [-0.39, 0.29) is 0 Å². The van der Waals surface area contributed by atoms with Crippen molar-refractivity contribution in [3.63, 3.8) is 0 Å². The molecule has 0 spiro atoms. The maximum absolute atomic E-state index is 10.5.